The van der Waals surface area contributed by atoms with Crippen LogP contribution in [0.1, 0.15) is 63.3 Å². The van der Waals surface area contributed by atoms with E-state index in [1.807, 2.05) is 12.1 Å². The third-order valence-electron chi connectivity index (χ3n) is 7.42. The van der Waals surface area contributed by atoms with Crippen molar-refractivity contribution in [2.75, 3.05) is 31.1 Å². The number of furan rings is 1. The first-order chi connectivity index (χ1) is 15.5. The number of aliphatic hydroxyl groups is 1. The van der Waals surface area contributed by atoms with Gasteiger partial charge in [0.25, 0.3) is 0 Å². The van der Waals surface area contributed by atoms with Gasteiger partial charge in [0, 0.05) is 37.3 Å². The van der Waals surface area contributed by atoms with Gasteiger partial charge in [-0.3, -0.25) is 9.69 Å². The van der Waals surface area contributed by atoms with Crippen LogP contribution in [-0.4, -0.2) is 47.7 Å². The molecule has 2 heterocycles. The van der Waals surface area contributed by atoms with Crippen LogP contribution in [-0.2, 0) is 11.3 Å². The fourth-order valence-corrected chi connectivity index (χ4v) is 5.67. The van der Waals surface area contributed by atoms with Gasteiger partial charge in [-0.15, -0.1) is 0 Å². The van der Waals surface area contributed by atoms with Crippen LogP contribution in [0.25, 0.3) is 0 Å². The maximum Gasteiger partial charge on any atom is 0.234 e. The molecule has 32 heavy (non-hydrogen) atoms. The molecule has 2 aliphatic rings. The summed E-state index contributed by atoms with van der Waals surface area (Å²) in [5, 5.41) is 14.5. The van der Waals surface area contributed by atoms with Crippen LogP contribution in [0, 0.1) is 5.92 Å². The van der Waals surface area contributed by atoms with Gasteiger partial charge in [-0.05, 0) is 62.9 Å². The topological polar surface area (TPSA) is 69.0 Å². The second-order valence-electron chi connectivity index (χ2n) is 9.24. The summed E-state index contributed by atoms with van der Waals surface area (Å²) in [6.45, 7) is 7.75. The highest BCUT2D eigenvalue weighted by molar-refractivity contribution is 5.78. The SMILES string of the molecule is CCN(CC)c1ccc([C@@H]2[C@H]3CCCC[C@@]3(O)CCN2CC(=O)NCc2ccco2)cc1. The number of hydrogen-bond acceptors (Lipinski definition) is 5. The second kappa shape index (κ2) is 10.1. The van der Waals surface area contributed by atoms with E-state index in [4.69, 9.17) is 4.42 Å². The largest absolute Gasteiger partial charge is 0.467 e. The Morgan fingerprint density at radius 2 is 1.97 bits per heavy atom. The molecule has 1 saturated heterocycles. The molecule has 0 unspecified atom stereocenters. The van der Waals surface area contributed by atoms with E-state index < -0.39 is 5.60 Å². The van der Waals surface area contributed by atoms with E-state index >= 15 is 0 Å². The van der Waals surface area contributed by atoms with Gasteiger partial charge in [0.2, 0.25) is 5.91 Å². The van der Waals surface area contributed by atoms with Crippen molar-refractivity contribution in [2.45, 2.75) is 64.1 Å². The molecule has 0 bridgehead atoms. The van der Waals surface area contributed by atoms with Crippen LogP contribution in [0.15, 0.2) is 47.1 Å². The first-order valence-corrected chi connectivity index (χ1v) is 12.1. The third-order valence-corrected chi connectivity index (χ3v) is 7.42. The minimum absolute atomic E-state index is 0.00703. The molecule has 1 saturated carbocycles. The Morgan fingerprint density at radius 1 is 1.19 bits per heavy atom. The first-order valence-electron chi connectivity index (χ1n) is 12.1. The van der Waals surface area contributed by atoms with Crippen molar-refractivity contribution in [1.82, 2.24) is 10.2 Å². The number of likely N-dealkylation sites (tertiary alicyclic amines) is 1. The van der Waals surface area contributed by atoms with E-state index in [0.717, 1.165) is 57.5 Å². The molecule has 1 aromatic heterocycles. The number of carbonyl (C=O) groups excluding carboxylic acids is 1. The predicted molar refractivity (Wildman–Crippen MR) is 126 cm³/mol. The fraction of sp³-hybridized carbons (Fsp3) is 0.577. The molecule has 1 aliphatic carbocycles. The molecule has 174 valence electrons. The summed E-state index contributed by atoms with van der Waals surface area (Å²) in [6.07, 6.45) is 6.45. The number of rotatable bonds is 8. The summed E-state index contributed by atoms with van der Waals surface area (Å²) in [4.78, 5) is 17.4. The monoisotopic (exact) mass is 439 g/mol. The summed E-state index contributed by atoms with van der Waals surface area (Å²) in [7, 11) is 0. The lowest BCUT2D eigenvalue weighted by Crippen LogP contribution is -2.56. The average Bonchev–Trinajstić information content (AvgIpc) is 3.33. The molecule has 6 heteroatoms. The number of anilines is 1. The quantitative estimate of drug-likeness (QED) is 0.648. The maximum absolute atomic E-state index is 12.8. The smallest absolute Gasteiger partial charge is 0.234 e. The maximum atomic E-state index is 12.8. The predicted octanol–water partition coefficient (Wildman–Crippen LogP) is 4.11. The minimum Gasteiger partial charge on any atom is -0.467 e. The van der Waals surface area contributed by atoms with Gasteiger partial charge in [0.15, 0.2) is 0 Å². The Bertz CT molecular complexity index is 863. The van der Waals surface area contributed by atoms with Crippen molar-refractivity contribution in [1.29, 1.82) is 0 Å². The molecule has 1 aliphatic heterocycles. The molecule has 6 nitrogen and oxygen atoms in total. The minimum atomic E-state index is -0.623. The van der Waals surface area contributed by atoms with E-state index in [1.54, 1.807) is 6.26 Å². The number of hydrogen-bond donors (Lipinski definition) is 2. The lowest BCUT2D eigenvalue weighted by molar-refractivity contribution is -0.138. The van der Waals surface area contributed by atoms with E-state index in [1.165, 1.54) is 11.3 Å². The average molecular weight is 440 g/mol. The summed E-state index contributed by atoms with van der Waals surface area (Å²) < 4.78 is 5.33. The Hall–Kier alpha value is -2.31. The van der Waals surface area contributed by atoms with Crippen LogP contribution in [0.4, 0.5) is 5.69 Å². The van der Waals surface area contributed by atoms with Crippen molar-refractivity contribution in [3.8, 4) is 0 Å². The summed E-state index contributed by atoms with van der Waals surface area (Å²) in [5.41, 5.74) is 1.79. The standard InChI is InChI=1S/C26H37N3O3/c1-3-28(4-2)21-12-10-20(11-13-21)25-23-9-5-6-14-26(23,31)15-16-29(25)19-24(30)27-18-22-8-7-17-32-22/h7-8,10-13,17,23,25,31H,3-6,9,14-16,18-19H2,1-2H3,(H,27,30)/t23-,25-,26-/m1/s1. The zero-order chi connectivity index (χ0) is 22.6. The highest BCUT2D eigenvalue weighted by atomic mass is 16.3. The Morgan fingerprint density at radius 3 is 2.66 bits per heavy atom. The molecule has 2 N–H and O–H groups in total. The molecule has 2 aromatic rings. The Balaban J connectivity index is 1.54. The summed E-state index contributed by atoms with van der Waals surface area (Å²) in [6, 6.07) is 12.5. The van der Waals surface area contributed by atoms with Gasteiger partial charge in [0.05, 0.1) is 25.0 Å². The molecule has 3 atom stereocenters. The number of amides is 1. The molecule has 4 rings (SSSR count). The van der Waals surface area contributed by atoms with Crippen molar-refractivity contribution >= 4 is 11.6 Å². The number of piperidine rings is 1. The van der Waals surface area contributed by atoms with E-state index in [9.17, 15) is 9.90 Å². The van der Waals surface area contributed by atoms with Gasteiger partial charge in [0.1, 0.15) is 5.76 Å². The van der Waals surface area contributed by atoms with Crippen LogP contribution in [0.3, 0.4) is 0 Å². The van der Waals surface area contributed by atoms with Gasteiger partial charge in [-0.1, -0.05) is 25.0 Å². The molecule has 0 spiro atoms. The van der Waals surface area contributed by atoms with Crippen molar-refractivity contribution < 1.29 is 14.3 Å². The number of nitrogens with one attached hydrogen (secondary N) is 1. The normalized spacial score (nSPS) is 25.8. The number of carbonyl (C=O) groups is 1. The van der Waals surface area contributed by atoms with Gasteiger partial charge < -0.3 is 19.7 Å². The number of benzene rings is 1. The number of nitrogens with zero attached hydrogens (tertiary/aromatic N) is 2. The van der Waals surface area contributed by atoms with E-state index in [2.05, 4.69) is 53.2 Å². The van der Waals surface area contributed by atoms with Crippen LogP contribution in [0.2, 0.25) is 0 Å². The second-order valence-corrected chi connectivity index (χ2v) is 9.24. The number of fused-ring (bicyclic) bond motifs is 1. The van der Waals surface area contributed by atoms with Crippen LogP contribution >= 0.6 is 0 Å². The van der Waals surface area contributed by atoms with Crippen LogP contribution < -0.4 is 10.2 Å². The van der Waals surface area contributed by atoms with Gasteiger partial charge in [-0.25, -0.2) is 0 Å². The zero-order valence-electron chi connectivity index (χ0n) is 19.4. The fourth-order valence-electron chi connectivity index (χ4n) is 5.67. The third kappa shape index (κ3) is 4.86. The Labute approximate surface area is 191 Å². The van der Waals surface area contributed by atoms with Crippen LogP contribution in [0.5, 0.6) is 0 Å². The highest BCUT2D eigenvalue weighted by Crippen LogP contribution is 2.49. The molecule has 2 fully saturated rings. The molecule has 1 aromatic carbocycles. The molecule has 1 amide bonds. The zero-order valence-corrected chi connectivity index (χ0v) is 19.4. The van der Waals surface area contributed by atoms with E-state index in [0.29, 0.717) is 13.1 Å². The van der Waals surface area contributed by atoms with E-state index in [-0.39, 0.29) is 17.9 Å². The summed E-state index contributed by atoms with van der Waals surface area (Å²) in [5.74, 6) is 0.900. The molecular formula is C26H37N3O3. The molecular weight excluding hydrogens is 402 g/mol. The lowest BCUT2D eigenvalue weighted by Gasteiger charge is -2.52. The highest BCUT2D eigenvalue weighted by Gasteiger charge is 2.49. The van der Waals surface area contributed by atoms with Crippen molar-refractivity contribution in [2.24, 2.45) is 5.92 Å². The van der Waals surface area contributed by atoms with Gasteiger partial charge >= 0.3 is 0 Å². The van der Waals surface area contributed by atoms with Gasteiger partial charge in [-0.2, -0.15) is 0 Å². The molecule has 0 radical (unpaired) electrons. The summed E-state index contributed by atoms with van der Waals surface area (Å²) >= 11 is 0. The van der Waals surface area contributed by atoms with Crippen molar-refractivity contribution in [3.05, 3.63) is 54.0 Å². The first kappa shape index (κ1) is 22.9. The van der Waals surface area contributed by atoms with Crippen molar-refractivity contribution in [3.63, 3.8) is 0 Å². The Kier molecular flexibility index (Phi) is 7.21. The lowest BCUT2D eigenvalue weighted by atomic mass is 9.66.